The van der Waals surface area contributed by atoms with Gasteiger partial charge in [-0.15, -0.1) is 0 Å². The van der Waals surface area contributed by atoms with Crippen molar-refractivity contribution in [2.75, 3.05) is 24.5 Å². The molecule has 4 nitrogen and oxygen atoms in total. The molecule has 0 N–H and O–H groups in total. The molecule has 4 heteroatoms. The van der Waals surface area contributed by atoms with E-state index in [4.69, 9.17) is 0 Å². The first kappa shape index (κ1) is 16.0. The van der Waals surface area contributed by atoms with Gasteiger partial charge in [-0.2, -0.15) is 0 Å². The van der Waals surface area contributed by atoms with Gasteiger partial charge in [0.2, 0.25) is 11.8 Å². The van der Waals surface area contributed by atoms with Gasteiger partial charge in [-0.3, -0.25) is 9.59 Å². The molecule has 2 fully saturated rings. The Morgan fingerprint density at radius 3 is 2.57 bits per heavy atom. The quantitative estimate of drug-likeness (QED) is 0.860. The van der Waals surface area contributed by atoms with E-state index in [0.29, 0.717) is 18.9 Å². The number of nitrogens with zero attached hydrogens (tertiary/aromatic N) is 2. The molecule has 23 heavy (non-hydrogen) atoms. The average molecular weight is 314 g/mol. The van der Waals surface area contributed by atoms with Crippen LogP contribution in [0.15, 0.2) is 18.2 Å². The molecular formula is C19H26N2O2. The molecule has 2 heterocycles. The number of anilines is 1. The third kappa shape index (κ3) is 2.99. The maximum atomic E-state index is 12.6. The van der Waals surface area contributed by atoms with Crippen molar-refractivity contribution >= 4 is 17.5 Å². The Labute approximate surface area is 138 Å². The lowest BCUT2D eigenvalue weighted by Gasteiger charge is -2.25. The molecule has 0 bridgehead atoms. The number of rotatable bonds is 3. The molecule has 0 aliphatic carbocycles. The Bertz CT molecular complexity index is 618. The summed E-state index contributed by atoms with van der Waals surface area (Å²) in [7, 11) is 0. The molecule has 2 saturated heterocycles. The molecule has 0 saturated carbocycles. The van der Waals surface area contributed by atoms with Crippen molar-refractivity contribution in [2.24, 2.45) is 5.92 Å². The van der Waals surface area contributed by atoms with Crippen LogP contribution in [0.5, 0.6) is 0 Å². The first-order valence-electron chi connectivity index (χ1n) is 8.67. The second-order valence-electron chi connectivity index (χ2n) is 7.11. The molecule has 0 spiro atoms. The summed E-state index contributed by atoms with van der Waals surface area (Å²) in [6, 6.07) is 6.18. The Balaban J connectivity index is 1.85. The fourth-order valence-corrected chi connectivity index (χ4v) is 3.80. The maximum absolute atomic E-state index is 12.6. The molecule has 0 radical (unpaired) electrons. The van der Waals surface area contributed by atoms with Gasteiger partial charge in [0.25, 0.3) is 0 Å². The lowest BCUT2D eigenvalue weighted by molar-refractivity contribution is -0.134. The largest absolute Gasteiger partial charge is 0.342 e. The normalized spacial score (nSPS) is 21.6. The lowest BCUT2D eigenvalue weighted by Crippen LogP contribution is -2.35. The molecular weight excluding hydrogens is 288 g/mol. The third-order valence-electron chi connectivity index (χ3n) is 5.05. The van der Waals surface area contributed by atoms with Crippen LogP contribution in [-0.4, -0.2) is 36.3 Å². The molecule has 1 aromatic carbocycles. The van der Waals surface area contributed by atoms with E-state index in [0.717, 1.165) is 37.2 Å². The molecule has 2 aliphatic rings. The molecule has 1 aromatic rings. The zero-order chi connectivity index (χ0) is 16.6. The summed E-state index contributed by atoms with van der Waals surface area (Å²) >= 11 is 0. The van der Waals surface area contributed by atoms with Crippen LogP contribution < -0.4 is 4.90 Å². The highest BCUT2D eigenvalue weighted by molar-refractivity contribution is 6.01. The van der Waals surface area contributed by atoms with E-state index in [1.807, 2.05) is 28.9 Å². The van der Waals surface area contributed by atoms with E-state index in [1.54, 1.807) is 0 Å². The number of hydrogen-bond acceptors (Lipinski definition) is 2. The van der Waals surface area contributed by atoms with Crippen molar-refractivity contribution < 1.29 is 9.59 Å². The average Bonchev–Trinajstić information content (AvgIpc) is 3.16. The number of likely N-dealkylation sites (tertiary alicyclic amines) is 1. The minimum atomic E-state index is -0.180. The summed E-state index contributed by atoms with van der Waals surface area (Å²) in [6.07, 6.45) is 2.53. The predicted molar refractivity (Wildman–Crippen MR) is 91.5 cm³/mol. The molecule has 3 rings (SSSR count). The van der Waals surface area contributed by atoms with Crippen LogP contribution >= 0.6 is 0 Å². The second kappa shape index (κ2) is 6.34. The number of para-hydroxylation sites is 1. The Hall–Kier alpha value is -1.84. The third-order valence-corrected chi connectivity index (χ3v) is 5.05. The second-order valence-corrected chi connectivity index (χ2v) is 7.11. The van der Waals surface area contributed by atoms with Gasteiger partial charge in [0.05, 0.1) is 5.92 Å². The minimum absolute atomic E-state index is 0.0822. The number of benzene rings is 1. The van der Waals surface area contributed by atoms with Gasteiger partial charge in [-0.25, -0.2) is 0 Å². The summed E-state index contributed by atoms with van der Waals surface area (Å²) in [6.45, 7) is 8.57. The summed E-state index contributed by atoms with van der Waals surface area (Å²) < 4.78 is 0. The van der Waals surface area contributed by atoms with Crippen molar-refractivity contribution in [3.63, 3.8) is 0 Å². The predicted octanol–water partition coefficient (Wildman–Crippen LogP) is 3.09. The van der Waals surface area contributed by atoms with Gasteiger partial charge in [0, 0.05) is 31.7 Å². The number of carbonyl (C=O) groups is 2. The van der Waals surface area contributed by atoms with E-state index in [9.17, 15) is 9.59 Å². The standard InChI is InChI=1S/C19H26N2O2/c1-13(2)16-8-6-7-14(3)18(16)21-12-15(11-17(21)22)19(23)20-9-4-5-10-20/h6-8,13,15H,4-5,9-12H2,1-3H3. The van der Waals surface area contributed by atoms with Crippen LogP contribution in [0.4, 0.5) is 5.69 Å². The van der Waals surface area contributed by atoms with Crippen LogP contribution in [-0.2, 0) is 9.59 Å². The summed E-state index contributed by atoms with van der Waals surface area (Å²) in [4.78, 5) is 29.0. The smallest absolute Gasteiger partial charge is 0.228 e. The van der Waals surface area contributed by atoms with Crippen molar-refractivity contribution in [1.29, 1.82) is 0 Å². The number of hydrogen-bond donors (Lipinski definition) is 0. The van der Waals surface area contributed by atoms with E-state index < -0.39 is 0 Å². The highest BCUT2D eigenvalue weighted by Gasteiger charge is 2.38. The van der Waals surface area contributed by atoms with Crippen molar-refractivity contribution in [3.05, 3.63) is 29.3 Å². The van der Waals surface area contributed by atoms with Crippen LogP contribution in [0.1, 0.15) is 50.2 Å². The summed E-state index contributed by atoms with van der Waals surface area (Å²) in [5.74, 6) is 0.419. The number of aryl methyl sites for hydroxylation is 1. The number of carbonyl (C=O) groups excluding carboxylic acids is 2. The first-order chi connectivity index (χ1) is 11.0. The molecule has 2 aliphatic heterocycles. The van der Waals surface area contributed by atoms with Gasteiger partial charge in [0.1, 0.15) is 0 Å². The van der Waals surface area contributed by atoms with Crippen LogP contribution in [0.3, 0.4) is 0 Å². The highest BCUT2D eigenvalue weighted by atomic mass is 16.2. The first-order valence-corrected chi connectivity index (χ1v) is 8.67. The molecule has 1 atom stereocenters. The zero-order valence-corrected chi connectivity index (χ0v) is 14.3. The summed E-state index contributed by atoms with van der Waals surface area (Å²) in [5, 5.41) is 0. The van der Waals surface area contributed by atoms with E-state index in [2.05, 4.69) is 19.9 Å². The lowest BCUT2D eigenvalue weighted by atomic mass is 9.97. The van der Waals surface area contributed by atoms with Gasteiger partial charge >= 0.3 is 0 Å². The van der Waals surface area contributed by atoms with E-state index in [-0.39, 0.29) is 17.7 Å². The van der Waals surface area contributed by atoms with Gasteiger partial charge in [-0.05, 0) is 36.8 Å². The molecule has 0 aromatic heterocycles. The van der Waals surface area contributed by atoms with Crippen LogP contribution in [0.2, 0.25) is 0 Å². The highest BCUT2D eigenvalue weighted by Crippen LogP contribution is 2.35. The topological polar surface area (TPSA) is 40.6 Å². The molecule has 124 valence electrons. The van der Waals surface area contributed by atoms with Crippen LogP contribution in [0, 0.1) is 12.8 Å². The van der Waals surface area contributed by atoms with E-state index in [1.165, 1.54) is 5.56 Å². The minimum Gasteiger partial charge on any atom is -0.342 e. The van der Waals surface area contributed by atoms with Gasteiger partial charge in [-0.1, -0.05) is 32.0 Å². The fourth-order valence-electron chi connectivity index (χ4n) is 3.80. The van der Waals surface area contributed by atoms with Crippen molar-refractivity contribution in [3.8, 4) is 0 Å². The van der Waals surface area contributed by atoms with Crippen LogP contribution in [0.25, 0.3) is 0 Å². The van der Waals surface area contributed by atoms with Crippen molar-refractivity contribution in [1.82, 2.24) is 4.90 Å². The number of amides is 2. The molecule has 2 amide bonds. The van der Waals surface area contributed by atoms with Gasteiger partial charge < -0.3 is 9.80 Å². The Morgan fingerprint density at radius 2 is 1.91 bits per heavy atom. The van der Waals surface area contributed by atoms with E-state index >= 15 is 0 Å². The zero-order valence-electron chi connectivity index (χ0n) is 14.3. The van der Waals surface area contributed by atoms with Gasteiger partial charge in [0.15, 0.2) is 0 Å². The summed E-state index contributed by atoms with van der Waals surface area (Å²) in [5.41, 5.74) is 3.32. The molecule has 1 unspecified atom stereocenters. The maximum Gasteiger partial charge on any atom is 0.228 e. The fraction of sp³-hybridized carbons (Fsp3) is 0.579. The monoisotopic (exact) mass is 314 g/mol. The van der Waals surface area contributed by atoms with Crippen molar-refractivity contribution in [2.45, 2.75) is 46.0 Å². The SMILES string of the molecule is Cc1cccc(C(C)C)c1N1CC(C(=O)N2CCCC2)CC1=O. The Kier molecular flexibility index (Phi) is 4.42. The Morgan fingerprint density at radius 1 is 1.22 bits per heavy atom.